The average Bonchev–Trinajstić information content (AvgIpc) is 2.86. The molecule has 142 valence electrons. The number of hydrogen-bond donors (Lipinski definition) is 2. The molecule has 0 aliphatic heterocycles. The lowest BCUT2D eigenvalue weighted by molar-refractivity contribution is -0.169. The highest BCUT2D eigenvalue weighted by molar-refractivity contribution is 5.93. The van der Waals surface area contributed by atoms with Crippen molar-refractivity contribution in [2.75, 3.05) is 6.61 Å². The Morgan fingerprint density at radius 2 is 2.00 bits per heavy atom. The second-order valence-electron chi connectivity index (χ2n) is 9.39. The number of aliphatic hydroxyl groups excluding tert-OH is 1. The second-order valence-corrected chi connectivity index (χ2v) is 9.39. The minimum Gasteiger partial charge on any atom is -0.388 e. The molecule has 5 heteroatoms. The summed E-state index contributed by atoms with van der Waals surface area (Å²) in [6, 6.07) is 0. The van der Waals surface area contributed by atoms with Crippen molar-refractivity contribution in [3.05, 3.63) is 11.6 Å². The highest BCUT2D eigenvalue weighted by atomic mass is 16.3. The zero-order valence-corrected chi connectivity index (χ0v) is 15.6. The summed E-state index contributed by atoms with van der Waals surface area (Å²) in [6.07, 6.45) is 5.79. The van der Waals surface area contributed by atoms with Gasteiger partial charge in [0.2, 0.25) is 0 Å². The van der Waals surface area contributed by atoms with E-state index in [2.05, 4.69) is 13.0 Å². The SMILES string of the molecule is CC12CCC(=O)CC1=CCC1C2C(=O)CC2(C)C1CC[C@]2(O)C(=O)CO. The van der Waals surface area contributed by atoms with Gasteiger partial charge in [0.25, 0.3) is 0 Å². The lowest BCUT2D eigenvalue weighted by Gasteiger charge is -2.57. The van der Waals surface area contributed by atoms with Crippen LogP contribution in [0.4, 0.5) is 0 Å². The Kier molecular flexibility index (Phi) is 3.88. The molecular weight excluding hydrogens is 332 g/mol. The van der Waals surface area contributed by atoms with Crippen LogP contribution in [0.3, 0.4) is 0 Å². The van der Waals surface area contributed by atoms with Crippen molar-refractivity contribution >= 4 is 17.3 Å². The third kappa shape index (κ3) is 2.07. The number of ketones is 3. The minimum absolute atomic E-state index is 0.0814. The fourth-order valence-corrected chi connectivity index (χ4v) is 6.90. The van der Waals surface area contributed by atoms with Crippen LogP contribution in [0.25, 0.3) is 0 Å². The number of aliphatic hydroxyl groups is 2. The van der Waals surface area contributed by atoms with Crippen molar-refractivity contribution in [3.8, 4) is 0 Å². The molecular formula is C21H28O5. The van der Waals surface area contributed by atoms with Crippen LogP contribution in [0, 0.1) is 28.6 Å². The number of rotatable bonds is 2. The maximum atomic E-state index is 13.3. The Hall–Kier alpha value is -1.33. The summed E-state index contributed by atoms with van der Waals surface area (Å²) >= 11 is 0. The van der Waals surface area contributed by atoms with Crippen LogP contribution in [-0.2, 0) is 14.4 Å². The predicted molar refractivity (Wildman–Crippen MR) is 94.1 cm³/mol. The minimum atomic E-state index is -1.61. The van der Waals surface area contributed by atoms with Crippen LogP contribution in [-0.4, -0.2) is 39.8 Å². The maximum Gasteiger partial charge on any atom is 0.190 e. The van der Waals surface area contributed by atoms with Gasteiger partial charge in [-0.15, -0.1) is 0 Å². The van der Waals surface area contributed by atoms with Crippen LogP contribution in [0.1, 0.15) is 58.8 Å². The van der Waals surface area contributed by atoms with Gasteiger partial charge in [-0.05, 0) is 42.9 Å². The number of carbonyl (C=O) groups is 3. The van der Waals surface area contributed by atoms with Gasteiger partial charge < -0.3 is 10.2 Å². The van der Waals surface area contributed by atoms with Crippen LogP contribution in [0.2, 0.25) is 0 Å². The standard InChI is InChI=1S/C21H28O5/c1-19-7-5-13(23)9-12(19)3-4-14-15-6-8-21(26,17(25)11-22)20(15,2)10-16(24)18(14)19/h3,14-15,18,22,26H,4-11H2,1-2H3/t14?,15?,18?,19?,20?,21-/m0/s1. The van der Waals surface area contributed by atoms with E-state index in [0.717, 1.165) is 12.0 Å². The van der Waals surface area contributed by atoms with Gasteiger partial charge >= 0.3 is 0 Å². The van der Waals surface area contributed by atoms with Crippen molar-refractivity contribution in [1.82, 2.24) is 0 Å². The van der Waals surface area contributed by atoms with Crippen molar-refractivity contribution in [2.45, 2.75) is 64.4 Å². The van der Waals surface area contributed by atoms with E-state index in [1.807, 2.05) is 6.92 Å². The molecule has 4 aliphatic carbocycles. The first-order chi connectivity index (χ1) is 12.2. The zero-order chi connectivity index (χ0) is 18.9. The molecule has 5 unspecified atom stereocenters. The smallest absolute Gasteiger partial charge is 0.190 e. The van der Waals surface area contributed by atoms with Crippen molar-refractivity contribution in [1.29, 1.82) is 0 Å². The van der Waals surface area contributed by atoms with Gasteiger partial charge in [0.15, 0.2) is 5.78 Å². The summed E-state index contributed by atoms with van der Waals surface area (Å²) < 4.78 is 0. The summed E-state index contributed by atoms with van der Waals surface area (Å²) in [5, 5.41) is 20.5. The van der Waals surface area contributed by atoms with Crippen LogP contribution in [0.5, 0.6) is 0 Å². The molecule has 26 heavy (non-hydrogen) atoms. The lowest BCUT2D eigenvalue weighted by Crippen LogP contribution is -2.60. The molecule has 0 aromatic rings. The van der Waals surface area contributed by atoms with Gasteiger partial charge in [-0.3, -0.25) is 14.4 Å². The molecule has 0 heterocycles. The summed E-state index contributed by atoms with van der Waals surface area (Å²) in [5.74, 6) is -0.136. The van der Waals surface area contributed by atoms with E-state index >= 15 is 0 Å². The van der Waals surface area contributed by atoms with E-state index in [0.29, 0.717) is 32.1 Å². The molecule has 0 amide bonds. The van der Waals surface area contributed by atoms with E-state index in [9.17, 15) is 24.6 Å². The first kappa shape index (κ1) is 18.1. The van der Waals surface area contributed by atoms with Crippen LogP contribution < -0.4 is 0 Å². The Bertz CT molecular complexity index is 724. The summed E-state index contributed by atoms with van der Waals surface area (Å²) in [4.78, 5) is 37.6. The molecule has 3 saturated carbocycles. The zero-order valence-electron chi connectivity index (χ0n) is 15.6. The van der Waals surface area contributed by atoms with Crippen LogP contribution in [0.15, 0.2) is 11.6 Å². The second kappa shape index (κ2) is 5.59. The van der Waals surface area contributed by atoms with Gasteiger partial charge in [-0.2, -0.15) is 0 Å². The Balaban J connectivity index is 1.75. The van der Waals surface area contributed by atoms with E-state index in [4.69, 9.17) is 0 Å². The van der Waals surface area contributed by atoms with Crippen molar-refractivity contribution in [2.24, 2.45) is 28.6 Å². The Labute approximate surface area is 153 Å². The van der Waals surface area contributed by atoms with Crippen molar-refractivity contribution < 1.29 is 24.6 Å². The largest absolute Gasteiger partial charge is 0.388 e. The molecule has 5 nitrogen and oxygen atoms in total. The molecule has 0 aromatic carbocycles. The van der Waals surface area contributed by atoms with E-state index in [1.165, 1.54) is 0 Å². The molecule has 0 spiro atoms. The predicted octanol–water partition coefficient (Wildman–Crippen LogP) is 1.99. The first-order valence-electron chi connectivity index (χ1n) is 9.78. The highest BCUT2D eigenvalue weighted by Crippen LogP contribution is 2.66. The molecule has 2 N–H and O–H groups in total. The van der Waals surface area contributed by atoms with E-state index in [1.54, 1.807) is 0 Å². The Morgan fingerprint density at radius 3 is 2.69 bits per heavy atom. The quantitative estimate of drug-likeness (QED) is 0.735. The third-order valence-corrected chi connectivity index (χ3v) is 8.39. The van der Waals surface area contributed by atoms with E-state index in [-0.39, 0.29) is 41.2 Å². The molecule has 0 radical (unpaired) electrons. The number of hydrogen-bond acceptors (Lipinski definition) is 5. The topological polar surface area (TPSA) is 91.7 Å². The van der Waals surface area contributed by atoms with E-state index < -0.39 is 23.4 Å². The number of Topliss-reactive ketones (excluding diaryl/α,β-unsaturated/α-hetero) is 3. The van der Waals surface area contributed by atoms with Crippen LogP contribution >= 0.6 is 0 Å². The number of fused-ring (bicyclic) bond motifs is 5. The molecule has 6 atom stereocenters. The molecule has 3 fully saturated rings. The number of allylic oxidation sites excluding steroid dienone is 2. The summed E-state index contributed by atoms with van der Waals surface area (Å²) in [5.41, 5.74) is -1.57. The van der Waals surface area contributed by atoms with Gasteiger partial charge in [0.05, 0.1) is 0 Å². The van der Waals surface area contributed by atoms with Gasteiger partial charge in [0.1, 0.15) is 23.8 Å². The number of carbonyl (C=O) groups excluding carboxylic acids is 3. The summed E-state index contributed by atoms with van der Waals surface area (Å²) in [6.45, 7) is 3.30. The molecule has 4 rings (SSSR count). The van der Waals surface area contributed by atoms with Crippen molar-refractivity contribution in [3.63, 3.8) is 0 Å². The monoisotopic (exact) mass is 360 g/mol. The highest BCUT2D eigenvalue weighted by Gasteiger charge is 2.68. The Morgan fingerprint density at radius 1 is 1.27 bits per heavy atom. The third-order valence-electron chi connectivity index (χ3n) is 8.39. The molecule has 4 aliphatic rings. The molecule has 0 saturated heterocycles. The normalized spacial score (nSPS) is 47.7. The molecule has 0 aromatic heterocycles. The van der Waals surface area contributed by atoms with Gasteiger partial charge in [-0.1, -0.05) is 25.5 Å². The first-order valence-corrected chi connectivity index (χ1v) is 9.78. The fraction of sp³-hybridized carbons (Fsp3) is 0.762. The fourth-order valence-electron chi connectivity index (χ4n) is 6.90. The molecule has 0 bridgehead atoms. The van der Waals surface area contributed by atoms with Gasteiger partial charge in [0, 0.05) is 30.6 Å². The van der Waals surface area contributed by atoms with Gasteiger partial charge in [-0.25, -0.2) is 0 Å². The lowest BCUT2D eigenvalue weighted by atomic mass is 9.46. The maximum absolute atomic E-state index is 13.3. The summed E-state index contributed by atoms with van der Waals surface area (Å²) in [7, 11) is 0. The average molecular weight is 360 g/mol.